The third-order valence-corrected chi connectivity index (χ3v) is 4.41. The summed E-state index contributed by atoms with van der Waals surface area (Å²) in [4.78, 5) is 26.8. The molecule has 0 aromatic heterocycles. The molecule has 0 fully saturated rings. The largest absolute Gasteiger partial charge is 0.402 e. The molecule has 3 aromatic rings. The van der Waals surface area contributed by atoms with Crippen molar-refractivity contribution >= 4 is 46.0 Å². The van der Waals surface area contributed by atoms with Crippen LogP contribution in [0.4, 0.5) is 5.69 Å². The van der Waals surface area contributed by atoms with Gasteiger partial charge in [-0.25, -0.2) is 9.79 Å². The molecule has 1 aliphatic rings. The van der Waals surface area contributed by atoms with Gasteiger partial charge in [0, 0.05) is 11.6 Å². The highest BCUT2D eigenvalue weighted by Crippen LogP contribution is 2.27. The Labute approximate surface area is 158 Å². The monoisotopic (exact) mass is 378 g/mol. The topological polar surface area (TPSA) is 81.8 Å². The summed E-state index contributed by atoms with van der Waals surface area (Å²) >= 11 is 5.81. The van der Waals surface area contributed by atoms with Gasteiger partial charge in [-0.05, 0) is 40.6 Å². The smallest absolute Gasteiger partial charge is 0.363 e. The fourth-order valence-electron chi connectivity index (χ4n) is 2.77. The van der Waals surface area contributed by atoms with Crippen molar-refractivity contribution in [2.75, 3.05) is 0 Å². The molecule has 6 nitrogen and oxygen atoms in total. The normalized spacial score (nSPS) is 15.1. The Morgan fingerprint density at radius 1 is 1.04 bits per heavy atom. The zero-order valence-electron chi connectivity index (χ0n) is 13.8. The molecule has 0 unspecified atom stereocenters. The molecule has 0 amide bonds. The SMILES string of the molecule is O=C1OC(c2ccc3ccccc3c2)=N/C1=C/c1ccc(Cl)c([N+](=O)[O-])c1. The lowest BCUT2D eigenvalue weighted by Gasteiger charge is -2.02. The van der Waals surface area contributed by atoms with E-state index in [0.29, 0.717) is 11.1 Å². The predicted molar refractivity (Wildman–Crippen MR) is 103 cm³/mol. The van der Waals surface area contributed by atoms with Crippen molar-refractivity contribution in [2.24, 2.45) is 4.99 Å². The molecule has 27 heavy (non-hydrogen) atoms. The van der Waals surface area contributed by atoms with E-state index in [-0.39, 0.29) is 22.3 Å². The number of hydrogen-bond donors (Lipinski definition) is 0. The number of fused-ring (bicyclic) bond motifs is 1. The highest BCUT2D eigenvalue weighted by Gasteiger charge is 2.24. The fourth-order valence-corrected chi connectivity index (χ4v) is 2.96. The molecule has 0 atom stereocenters. The molecular formula is C20H11ClN2O4. The molecule has 1 aliphatic heterocycles. The molecule has 0 spiro atoms. The van der Waals surface area contributed by atoms with Crippen LogP contribution in [0.1, 0.15) is 11.1 Å². The van der Waals surface area contributed by atoms with Crippen LogP contribution in [-0.2, 0) is 9.53 Å². The molecule has 0 aliphatic carbocycles. The minimum Gasteiger partial charge on any atom is -0.402 e. The highest BCUT2D eigenvalue weighted by molar-refractivity contribution is 6.32. The Bertz CT molecular complexity index is 1170. The number of hydrogen-bond acceptors (Lipinski definition) is 5. The lowest BCUT2D eigenvalue weighted by atomic mass is 10.1. The first kappa shape index (κ1) is 16.9. The summed E-state index contributed by atoms with van der Waals surface area (Å²) in [5.74, 6) is -0.420. The second-order valence-electron chi connectivity index (χ2n) is 5.87. The van der Waals surface area contributed by atoms with E-state index in [1.165, 1.54) is 18.2 Å². The Kier molecular flexibility index (Phi) is 4.18. The Hall–Kier alpha value is -3.51. The van der Waals surface area contributed by atoms with Crippen LogP contribution in [0.25, 0.3) is 16.8 Å². The second-order valence-corrected chi connectivity index (χ2v) is 6.27. The van der Waals surface area contributed by atoms with Gasteiger partial charge in [0.15, 0.2) is 5.70 Å². The van der Waals surface area contributed by atoms with E-state index in [2.05, 4.69) is 4.99 Å². The van der Waals surface area contributed by atoms with Crippen LogP contribution in [0.5, 0.6) is 0 Å². The molecule has 0 N–H and O–H groups in total. The average molecular weight is 379 g/mol. The van der Waals surface area contributed by atoms with E-state index in [9.17, 15) is 14.9 Å². The van der Waals surface area contributed by atoms with Gasteiger partial charge in [-0.3, -0.25) is 10.1 Å². The van der Waals surface area contributed by atoms with Gasteiger partial charge >= 0.3 is 5.97 Å². The summed E-state index contributed by atoms with van der Waals surface area (Å²) in [6.07, 6.45) is 1.43. The number of nitro benzene ring substituents is 1. The van der Waals surface area contributed by atoms with E-state index in [0.717, 1.165) is 10.8 Å². The van der Waals surface area contributed by atoms with Gasteiger partial charge in [0.25, 0.3) is 5.69 Å². The number of rotatable bonds is 3. The quantitative estimate of drug-likeness (QED) is 0.285. The highest BCUT2D eigenvalue weighted by atomic mass is 35.5. The summed E-state index contributed by atoms with van der Waals surface area (Å²) in [5.41, 5.74) is 0.931. The molecule has 0 saturated heterocycles. The summed E-state index contributed by atoms with van der Waals surface area (Å²) in [6, 6.07) is 17.7. The zero-order chi connectivity index (χ0) is 19.0. The van der Waals surface area contributed by atoms with Gasteiger partial charge in [0.2, 0.25) is 5.90 Å². The molecule has 132 valence electrons. The minimum atomic E-state index is -0.615. The fraction of sp³-hybridized carbons (Fsp3) is 0. The molecule has 0 saturated carbocycles. The number of carbonyl (C=O) groups excluding carboxylic acids is 1. The molecule has 1 heterocycles. The summed E-state index contributed by atoms with van der Waals surface area (Å²) in [5, 5.41) is 13.1. The maximum absolute atomic E-state index is 12.1. The number of esters is 1. The van der Waals surface area contributed by atoms with Gasteiger partial charge in [0.05, 0.1) is 4.92 Å². The standard InChI is InChI=1S/C20H11ClN2O4/c21-16-8-5-12(10-18(16)23(25)26)9-17-20(24)27-19(22-17)15-7-6-13-3-1-2-4-14(13)11-15/h1-11H/b17-9+. The lowest BCUT2D eigenvalue weighted by Crippen LogP contribution is -2.05. The van der Waals surface area contributed by atoms with Crippen molar-refractivity contribution in [2.45, 2.75) is 0 Å². The maximum Gasteiger partial charge on any atom is 0.363 e. The van der Waals surface area contributed by atoms with Crippen LogP contribution in [0.3, 0.4) is 0 Å². The van der Waals surface area contributed by atoms with Gasteiger partial charge < -0.3 is 4.74 Å². The summed E-state index contributed by atoms with van der Waals surface area (Å²) in [6.45, 7) is 0. The van der Waals surface area contributed by atoms with Crippen molar-refractivity contribution < 1.29 is 14.5 Å². The van der Waals surface area contributed by atoms with Crippen LogP contribution in [0.2, 0.25) is 5.02 Å². The van der Waals surface area contributed by atoms with Gasteiger partial charge in [0.1, 0.15) is 5.02 Å². The maximum atomic E-state index is 12.1. The number of ether oxygens (including phenoxy) is 1. The van der Waals surface area contributed by atoms with E-state index >= 15 is 0 Å². The van der Waals surface area contributed by atoms with E-state index < -0.39 is 10.9 Å². The van der Waals surface area contributed by atoms with Crippen molar-refractivity contribution in [3.05, 3.63) is 92.6 Å². The molecule has 7 heteroatoms. The first-order valence-electron chi connectivity index (χ1n) is 7.97. The number of halogens is 1. The van der Waals surface area contributed by atoms with Crippen LogP contribution in [-0.4, -0.2) is 16.8 Å². The number of nitro groups is 1. The average Bonchev–Trinajstić information content (AvgIpc) is 3.03. The molecule has 4 rings (SSSR count). The molecule has 0 radical (unpaired) electrons. The number of carbonyl (C=O) groups is 1. The van der Waals surface area contributed by atoms with Gasteiger partial charge in [-0.1, -0.05) is 48.0 Å². The molecule has 0 bridgehead atoms. The van der Waals surface area contributed by atoms with Gasteiger partial charge in [-0.2, -0.15) is 0 Å². The van der Waals surface area contributed by atoms with E-state index in [4.69, 9.17) is 16.3 Å². The van der Waals surface area contributed by atoms with Crippen LogP contribution >= 0.6 is 11.6 Å². The first-order chi connectivity index (χ1) is 13.0. The van der Waals surface area contributed by atoms with E-state index in [1.54, 1.807) is 6.07 Å². The third kappa shape index (κ3) is 3.30. The Balaban J connectivity index is 1.71. The summed E-state index contributed by atoms with van der Waals surface area (Å²) < 4.78 is 5.27. The number of benzene rings is 3. The van der Waals surface area contributed by atoms with Crippen LogP contribution < -0.4 is 0 Å². The van der Waals surface area contributed by atoms with Crippen LogP contribution in [0, 0.1) is 10.1 Å². The van der Waals surface area contributed by atoms with Crippen molar-refractivity contribution in [3.8, 4) is 0 Å². The summed E-state index contributed by atoms with van der Waals surface area (Å²) in [7, 11) is 0. The van der Waals surface area contributed by atoms with Gasteiger partial charge in [-0.15, -0.1) is 0 Å². The number of cyclic esters (lactones) is 1. The minimum absolute atomic E-state index is 0.0245. The number of nitrogens with zero attached hydrogens (tertiary/aromatic N) is 2. The first-order valence-corrected chi connectivity index (χ1v) is 8.35. The third-order valence-electron chi connectivity index (χ3n) is 4.09. The molecular weight excluding hydrogens is 368 g/mol. The number of aliphatic imine (C=N–C) groups is 1. The van der Waals surface area contributed by atoms with Crippen LogP contribution in [0.15, 0.2) is 71.4 Å². The second kappa shape index (κ2) is 6.66. The van der Waals surface area contributed by atoms with Crippen molar-refractivity contribution in [1.29, 1.82) is 0 Å². The van der Waals surface area contributed by atoms with E-state index in [1.807, 2.05) is 42.5 Å². The Morgan fingerprint density at radius 2 is 1.81 bits per heavy atom. The Morgan fingerprint density at radius 3 is 2.59 bits per heavy atom. The molecule has 3 aromatic carbocycles. The zero-order valence-corrected chi connectivity index (χ0v) is 14.5. The lowest BCUT2D eigenvalue weighted by molar-refractivity contribution is -0.384. The predicted octanol–water partition coefficient (Wildman–Crippen LogP) is 4.75. The van der Waals surface area contributed by atoms with Crippen molar-refractivity contribution in [3.63, 3.8) is 0 Å². The van der Waals surface area contributed by atoms with Crippen molar-refractivity contribution in [1.82, 2.24) is 0 Å².